The molecule has 5 rings (SSSR count). The average molecular weight is 386 g/mol. The van der Waals surface area contributed by atoms with Crippen molar-refractivity contribution < 1.29 is 13.9 Å². The van der Waals surface area contributed by atoms with Crippen LogP contribution in [0.15, 0.2) is 22.8 Å². The van der Waals surface area contributed by atoms with Crippen LogP contribution in [0.25, 0.3) is 11.0 Å². The zero-order valence-corrected chi connectivity index (χ0v) is 16.6. The molecular weight excluding hydrogens is 358 g/mol. The van der Waals surface area contributed by atoms with E-state index in [0.29, 0.717) is 12.5 Å². The van der Waals surface area contributed by atoms with E-state index in [1.807, 2.05) is 11.8 Å². The van der Waals surface area contributed by atoms with E-state index < -0.39 is 0 Å². The highest BCUT2D eigenvalue weighted by molar-refractivity contribution is 7.99. The zero-order valence-electron chi connectivity index (χ0n) is 15.7. The van der Waals surface area contributed by atoms with Crippen LogP contribution in [0.1, 0.15) is 42.4 Å². The maximum absolute atomic E-state index is 13.3. The van der Waals surface area contributed by atoms with Gasteiger partial charge in [0.2, 0.25) is 5.91 Å². The molecule has 5 heteroatoms. The minimum Gasteiger partial charge on any atom is -0.464 e. The number of hydrogen-bond acceptors (Lipinski definition) is 4. The molecule has 2 fully saturated rings. The lowest BCUT2D eigenvalue weighted by atomic mass is 10.0. The number of furan rings is 1. The van der Waals surface area contributed by atoms with E-state index >= 15 is 0 Å². The van der Waals surface area contributed by atoms with Crippen molar-refractivity contribution >= 4 is 28.6 Å². The predicted octanol–water partition coefficient (Wildman–Crippen LogP) is 3.98. The summed E-state index contributed by atoms with van der Waals surface area (Å²) in [6.07, 6.45) is 9.25. The van der Waals surface area contributed by atoms with Crippen LogP contribution in [0.3, 0.4) is 0 Å². The molecule has 144 valence electrons. The van der Waals surface area contributed by atoms with Crippen molar-refractivity contribution in [2.75, 3.05) is 24.7 Å². The number of carbonyl (C=O) groups is 1. The number of nitrogens with zero attached hydrogens (tertiary/aromatic N) is 1. The molecule has 1 aromatic carbocycles. The SMILES string of the molecule is O=C(Cc1coc2cc3c(cc12)CCC3)N(CC1CCCO1)C1CCSC1. The fraction of sp³-hybridized carbons (Fsp3) is 0.591. The standard InChI is InChI=1S/C22H27NO3S/c24-22(23(18-6-8-27-14-18)12-19-5-2-7-25-19)11-17-13-26-21-10-16-4-1-3-15(16)9-20(17)21/h9-10,13,18-19H,1-8,11-12,14H2. The van der Waals surface area contributed by atoms with Crippen LogP contribution in [-0.2, 0) is 28.8 Å². The van der Waals surface area contributed by atoms with Gasteiger partial charge in [-0.3, -0.25) is 4.79 Å². The van der Waals surface area contributed by atoms with Crippen molar-refractivity contribution in [3.8, 4) is 0 Å². The summed E-state index contributed by atoms with van der Waals surface area (Å²) in [4.78, 5) is 15.4. The van der Waals surface area contributed by atoms with Crippen molar-refractivity contribution in [2.24, 2.45) is 0 Å². The number of fused-ring (bicyclic) bond motifs is 2. The number of aryl methyl sites for hydroxylation is 2. The topological polar surface area (TPSA) is 42.7 Å². The molecule has 0 spiro atoms. The number of ether oxygens (including phenoxy) is 1. The molecule has 0 N–H and O–H groups in total. The van der Waals surface area contributed by atoms with E-state index in [1.165, 1.54) is 17.5 Å². The summed E-state index contributed by atoms with van der Waals surface area (Å²) in [6.45, 7) is 1.58. The van der Waals surface area contributed by atoms with Crippen molar-refractivity contribution in [1.82, 2.24) is 4.90 Å². The molecule has 2 aromatic rings. The van der Waals surface area contributed by atoms with Gasteiger partial charge in [0.25, 0.3) is 0 Å². The molecule has 2 unspecified atom stereocenters. The highest BCUT2D eigenvalue weighted by Gasteiger charge is 2.31. The van der Waals surface area contributed by atoms with Crippen molar-refractivity contribution in [3.05, 3.63) is 35.1 Å². The monoisotopic (exact) mass is 385 g/mol. The van der Waals surface area contributed by atoms with Gasteiger partial charge in [0.1, 0.15) is 5.58 Å². The van der Waals surface area contributed by atoms with Gasteiger partial charge >= 0.3 is 0 Å². The Labute approximate surface area is 164 Å². The van der Waals surface area contributed by atoms with Crippen LogP contribution < -0.4 is 0 Å². The third-order valence-corrected chi connectivity index (χ3v) is 7.45. The molecule has 4 nitrogen and oxygen atoms in total. The van der Waals surface area contributed by atoms with Crippen LogP contribution in [0.4, 0.5) is 0 Å². The third kappa shape index (κ3) is 3.52. The van der Waals surface area contributed by atoms with Gasteiger partial charge < -0.3 is 14.1 Å². The van der Waals surface area contributed by atoms with Crippen molar-refractivity contribution in [3.63, 3.8) is 0 Å². The summed E-state index contributed by atoms with van der Waals surface area (Å²) in [7, 11) is 0. The lowest BCUT2D eigenvalue weighted by Crippen LogP contribution is -2.45. The van der Waals surface area contributed by atoms with Crippen LogP contribution in [0.5, 0.6) is 0 Å². The van der Waals surface area contributed by atoms with Crippen LogP contribution >= 0.6 is 11.8 Å². The highest BCUT2D eigenvalue weighted by Crippen LogP contribution is 2.31. The summed E-state index contributed by atoms with van der Waals surface area (Å²) < 4.78 is 11.6. The van der Waals surface area contributed by atoms with Gasteiger partial charge in [0.05, 0.1) is 18.8 Å². The second kappa shape index (κ2) is 7.51. The average Bonchev–Trinajstić information content (AvgIpc) is 3.45. The van der Waals surface area contributed by atoms with E-state index in [0.717, 1.165) is 73.3 Å². The highest BCUT2D eigenvalue weighted by atomic mass is 32.2. The Morgan fingerprint density at radius 2 is 2.07 bits per heavy atom. The summed E-state index contributed by atoms with van der Waals surface area (Å²) >= 11 is 1.96. The fourth-order valence-electron chi connectivity index (χ4n) is 4.78. The van der Waals surface area contributed by atoms with Gasteiger partial charge in [-0.1, -0.05) is 0 Å². The third-order valence-electron chi connectivity index (χ3n) is 6.30. The predicted molar refractivity (Wildman–Crippen MR) is 108 cm³/mol. The van der Waals surface area contributed by atoms with Crippen LogP contribution in [0.2, 0.25) is 0 Å². The van der Waals surface area contributed by atoms with Gasteiger partial charge in [-0.25, -0.2) is 0 Å². The molecule has 0 saturated carbocycles. The second-order valence-electron chi connectivity index (χ2n) is 8.11. The zero-order chi connectivity index (χ0) is 18.2. The minimum atomic E-state index is 0.212. The Balaban J connectivity index is 1.37. The number of benzene rings is 1. The molecule has 2 aliphatic heterocycles. The number of thioether (sulfide) groups is 1. The first-order valence-electron chi connectivity index (χ1n) is 10.3. The molecule has 27 heavy (non-hydrogen) atoms. The smallest absolute Gasteiger partial charge is 0.227 e. The maximum atomic E-state index is 13.3. The van der Waals surface area contributed by atoms with Gasteiger partial charge in [0.15, 0.2) is 0 Å². The maximum Gasteiger partial charge on any atom is 0.227 e. The van der Waals surface area contributed by atoms with E-state index in [4.69, 9.17) is 9.15 Å². The number of amides is 1. The van der Waals surface area contributed by atoms with Gasteiger partial charge in [0, 0.05) is 35.9 Å². The first-order chi connectivity index (χ1) is 13.3. The van der Waals surface area contributed by atoms with E-state index in [2.05, 4.69) is 17.0 Å². The minimum absolute atomic E-state index is 0.212. The Kier molecular flexibility index (Phi) is 4.91. The van der Waals surface area contributed by atoms with E-state index in [1.54, 1.807) is 6.26 Å². The Morgan fingerprint density at radius 1 is 1.19 bits per heavy atom. The molecule has 1 aromatic heterocycles. The van der Waals surface area contributed by atoms with E-state index in [9.17, 15) is 4.79 Å². The fourth-order valence-corrected chi connectivity index (χ4v) is 6.00. The second-order valence-corrected chi connectivity index (χ2v) is 9.26. The molecule has 0 bridgehead atoms. The van der Waals surface area contributed by atoms with Crippen LogP contribution in [-0.4, -0.2) is 47.6 Å². The van der Waals surface area contributed by atoms with E-state index in [-0.39, 0.29) is 12.0 Å². The lowest BCUT2D eigenvalue weighted by Gasteiger charge is -2.30. The number of carbonyl (C=O) groups excluding carboxylic acids is 1. The number of hydrogen-bond donors (Lipinski definition) is 0. The molecule has 2 saturated heterocycles. The molecule has 3 heterocycles. The largest absolute Gasteiger partial charge is 0.464 e. The molecule has 3 aliphatic rings. The quantitative estimate of drug-likeness (QED) is 0.781. The molecule has 0 radical (unpaired) electrons. The lowest BCUT2D eigenvalue weighted by molar-refractivity contribution is -0.134. The first-order valence-corrected chi connectivity index (χ1v) is 11.4. The summed E-state index contributed by atoms with van der Waals surface area (Å²) in [5.41, 5.74) is 4.81. The molecular formula is C22H27NO3S. The normalized spacial score (nSPS) is 24.6. The summed E-state index contributed by atoms with van der Waals surface area (Å²) in [6, 6.07) is 4.80. The van der Waals surface area contributed by atoms with Gasteiger partial charge in [-0.05, 0) is 67.5 Å². The summed E-state index contributed by atoms with van der Waals surface area (Å²) in [5.74, 6) is 2.43. The Bertz CT molecular complexity index is 833. The first kappa shape index (κ1) is 17.6. The van der Waals surface area contributed by atoms with Crippen molar-refractivity contribution in [1.29, 1.82) is 0 Å². The van der Waals surface area contributed by atoms with Gasteiger partial charge in [-0.2, -0.15) is 11.8 Å². The molecule has 2 atom stereocenters. The molecule has 1 amide bonds. The molecule has 1 aliphatic carbocycles. The summed E-state index contributed by atoms with van der Waals surface area (Å²) in [5, 5.41) is 1.13. The Morgan fingerprint density at radius 3 is 2.85 bits per heavy atom. The Hall–Kier alpha value is -1.46. The number of rotatable bonds is 5. The van der Waals surface area contributed by atoms with Gasteiger partial charge in [-0.15, -0.1) is 0 Å². The van der Waals surface area contributed by atoms with Crippen molar-refractivity contribution in [2.45, 2.75) is 57.1 Å². The van der Waals surface area contributed by atoms with Crippen LogP contribution in [0, 0.1) is 0 Å².